The molecule has 0 aliphatic carbocycles. The predicted octanol–water partition coefficient (Wildman–Crippen LogP) is 3.79. The fourth-order valence-electron chi connectivity index (χ4n) is 1.51. The van der Waals surface area contributed by atoms with Gasteiger partial charge in [-0.15, -0.1) is 0 Å². The molecule has 0 aliphatic heterocycles. The molecule has 0 spiro atoms. The number of hydrogen-bond donors (Lipinski definition) is 1. The van der Waals surface area contributed by atoms with Gasteiger partial charge in [-0.2, -0.15) is 0 Å². The van der Waals surface area contributed by atoms with Gasteiger partial charge in [0.2, 0.25) is 0 Å². The Morgan fingerprint density at radius 3 is 2.44 bits per heavy atom. The summed E-state index contributed by atoms with van der Waals surface area (Å²) in [7, 11) is 0. The Morgan fingerprint density at radius 2 is 1.78 bits per heavy atom. The third-order valence-corrected chi connectivity index (χ3v) is 2.52. The molecule has 2 rings (SSSR count). The molecule has 1 amide bonds. The van der Waals surface area contributed by atoms with Crippen LogP contribution >= 0.6 is 0 Å². The quantitative estimate of drug-likeness (QED) is 0.867. The molecule has 18 heavy (non-hydrogen) atoms. The minimum atomic E-state index is -0.499. The van der Waals surface area contributed by atoms with Crippen LogP contribution in [0, 0.1) is 13.8 Å². The van der Waals surface area contributed by atoms with E-state index in [1.54, 1.807) is 24.3 Å². The van der Waals surface area contributed by atoms with Crippen LogP contribution in [0.15, 0.2) is 48.5 Å². The first kappa shape index (κ1) is 12.2. The lowest BCUT2D eigenvalue weighted by Crippen LogP contribution is -2.17. The Morgan fingerprint density at radius 1 is 1.11 bits per heavy atom. The largest absolute Gasteiger partial charge is 0.417 e. The molecule has 0 bridgehead atoms. The van der Waals surface area contributed by atoms with Crippen LogP contribution in [-0.2, 0) is 0 Å². The summed E-state index contributed by atoms with van der Waals surface area (Å²) in [6, 6.07) is 14.5. The number of ether oxygens (including phenoxy) is 1. The number of benzene rings is 2. The number of hydrogen-bond acceptors (Lipinski definition) is 2. The highest BCUT2D eigenvalue weighted by molar-refractivity contribution is 5.87. The Kier molecular flexibility index (Phi) is 3.63. The van der Waals surface area contributed by atoms with E-state index < -0.39 is 6.09 Å². The number of anilines is 1. The van der Waals surface area contributed by atoms with E-state index in [0.717, 1.165) is 16.8 Å². The van der Waals surface area contributed by atoms with Crippen LogP contribution in [0.3, 0.4) is 0 Å². The second-order valence-corrected chi connectivity index (χ2v) is 3.97. The van der Waals surface area contributed by atoms with Crippen LogP contribution in [0.5, 0.6) is 5.75 Å². The minimum Gasteiger partial charge on any atom is -0.410 e. The number of amides is 1. The Labute approximate surface area is 106 Å². The van der Waals surface area contributed by atoms with Crippen LogP contribution in [0.4, 0.5) is 10.5 Å². The van der Waals surface area contributed by atoms with Gasteiger partial charge < -0.3 is 4.74 Å². The molecule has 1 N–H and O–H groups in total. The highest BCUT2D eigenvalue weighted by atomic mass is 16.6. The number of carbonyl (C=O) groups excluding carboxylic acids is 1. The molecular formula is C15H14NO2. The zero-order valence-corrected chi connectivity index (χ0v) is 10.1. The molecule has 0 aliphatic rings. The van der Waals surface area contributed by atoms with E-state index in [1.165, 1.54) is 0 Å². The molecule has 0 fully saturated rings. The van der Waals surface area contributed by atoms with Gasteiger partial charge in [-0.25, -0.2) is 4.79 Å². The average Bonchev–Trinajstić information content (AvgIpc) is 2.35. The summed E-state index contributed by atoms with van der Waals surface area (Å²) >= 11 is 0. The first-order valence-electron chi connectivity index (χ1n) is 5.61. The van der Waals surface area contributed by atoms with Crippen LogP contribution in [-0.4, -0.2) is 6.09 Å². The van der Waals surface area contributed by atoms with E-state index in [9.17, 15) is 4.79 Å². The van der Waals surface area contributed by atoms with Crippen molar-refractivity contribution in [2.24, 2.45) is 0 Å². The smallest absolute Gasteiger partial charge is 0.410 e. The highest BCUT2D eigenvalue weighted by Gasteiger charge is 2.06. The van der Waals surface area contributed by atoms with Gasteiger partial charge in [0.25, 0.3) is 0 Å². The van der Waals surface area contributed by atoms with Gasteiger partial charge in [-0.05, 0) is 43.2 Å². The molecule has 3 nitrogen and oxygen atoms in total. The van der Waals surface area contributed by atoms with Gasteiger partial charge in [0.05, 0.1) is 0 Å². The number of carbonyl (C=O) groups is 1. The number of aryl methyl sites for hydroxylation is 1. The summed E-state index contributed by atoms with van der Waals surface area (Å²) in [5.41, 5.74) is 2.61. The maximum atomic E-state index is 11.7. The van der Waals surface area contributed by atoms with Crippen molar-refractivity contribution < 1.29 is 9.53 Å². The van der Waals surface area contributed by atoms with Crippen molar-refractivity contribution in [3.05, 3.63) is 66.6 Å². The average molecular weight is 240 g/mol. The molecule has 0 aromatic heterocycles. The monoisotopic (exact) mass is 240 g/mol. The first-order valence-corrected chi connectivity index (χ1v) is 5.61. The van der Waals surface area contributed by atoms with Crippen molar-refractivity contribution in [3.63, 3.8) is 0 Å². The van der Waals surface area contributed by atoms with Gasteiger partial charge in [0, 0.05) is 5.69 Å². The maximum absolute atomic E-state index is 11.7. The molecule has 0 saturated heterocycles. The lowest BCUT2D eigenvalue weighted by Gasteiger charge is -2.08. The van der Waals surface area contributed by atoms with Gasteiger partial charge in [0.1, 0.15) is 5.75 Å². The Hall–Kier alpha value is -2.29. The molecule has 0 unspecified atom stereocenters. The van der Waals surface area contributed by atoms with Crippen LogP contribution in [0.25, 0.3) is 0 Å². The van der Waals surface area contributed by atoms with E-state index in [2.05, 4.69) is 12.2 Å². The summed E-state index contributed by atoms with van der Waals surface area (Å²) in [6.45, 7) is 5.69. The van der Waals surface area contributed by atoms with Crippen molar-refractivity contribution in [2.45, 2.75) is 6.92 Å². The van der Waals surface area contributed by atoms with Gasteiger partial charge in [0.15, 0.2) is 0 Å². The second-order valence-electron chi connectivity index (χ2n) is 3.97. The zero-order valence-electron chi connectivity index (χ0n) is 10.1. The van der Waals surface area contributed by atoms with E-state index >= 15 is 0 Å². The van der Waals surface area contributed by atoms with Gasteiger partial charge >= 0.3 is 6.09 Å². The number of para-hydroxylation sites is 1. The summed E-state index contributed by atoms with van der Waals surface area (Å²) in [5, 5.41) is 2.70. The van der Waals surface area contributed by atoms with Gasteiger partial charge in [-0.3, -0.25) is 5.32 Å². The van der Waals surface area contributed by atoms with Crippen molar-refractivity contribution in [3.8, 4) is 5.75 Å². The molecule has 1 radical (unpaired) electrons. The minimum absolute atomic E-state index is 0.494. The van der Waals surface area contributed by atoms with E-state index in [4.69, 9.17) is 4.74 Å². The summed E-state index contributed by atoms with van der Waals surface area (Å²) in [5.74, 6) is 0.494. The highest BCUT2D eigenvalue weighted by Crippen LogP contribution is 2.15. The molecule has 91 valence electrons. The third kappa shape index (κ3) is 3.10. The van der Waals surface area contributed by atoms with Crippen LogP contribution in [0.2, 0.25) is 0 Å². The molecule has 2 aromatic carbocycles. The fourth-order valence-corrected chi connectivity index (χ4v) is 1.51. The molecule has 3 heteroatoms. The predicted molar refractivity (Wildman–Crippen MR) is 71.7 cm³/mol. The Balaban J connectivity index is 2.01. The SMILES string of the molecule is [CH2]c1ccc(OC(=O)Nc2ccccc2C)cc1. The first-order chi connectivity index (χ1) is 8.65. The Bertz CT molecular complexity index is 547. The summed E-state index contributed by atoms with van der Waals surface area (Å²) in [4.78, 5) is 11.7. The van der Waals surface area contributed by atoms with E-state index in [-0.39, 0.29) is 0 Å². The number of rotatable bonds is 2. The van der Waals surface area contributed by atoms with Crippen molar-refractivity contribution in [1.29, 1.82) is 0 Å². The summed E-state index contributed by atoms with van der Waals surface area (Å²) in [6.07, 6.45) is -0.499. The molecule has 0 saturated carbocycles. The lowest BCUT2D eigenvalue weighted by molar-refractivity contribution is 0.215. The maximum Gasteiger partial charge on any atom is 0.417 e. The standard InChI is InChI=1S/C15H14NO2/c1-11-7-9-13(10-8-11)18-15(17)16-14-6-4-3-5-12(14)2/h3-10H,1H2,2H3,(H,16,17). The van der Waals surface area contributed by atoms with Crippen molar-refractivity contribution >= 4 is 11.8 Å². The van der Waals surface area contributed by atoms with Crippen LogP contribution in [0.1, 0.15) is 11.1 Å². The zero-order chi connectivity index (χ0) is 13.0. The lowest BCUT2D eigenvalue weighted by atomic mass is 10.2. The van der Waals surface area contributed by atoms with Gasteiger partial charge in [-0.1, -0.05) is 30.3 Å². The molecule has 0 heterocycles. The normalized spacial score (nSPS) is 9.89. The topological polar surface area (TPSA) is 38.3 Å². The number of nitrogens with one attached hydrogen (secondary N) is 1. The second kappa shape index (κ2) is 5.36. The molecule has 2 aromatic rings. The van der Waals surface area contributed by atoms with Crippen molar-refractivity contribution in [1.82, 2.24) is 0 Å². The van der Waals surface area contributed by atoms with Crippen molar-refractivity contribution in [2.75, 3.05) is 5.32 Å². The van der Waals surface area contributed by atoms with E-state index in [1.807, 2.05) is 31.2 Å². The third-order valence-electron chi connectivity index (χ3n) is 2.52. The molecular weight excluding hydrogens is 226 g/mol. The van der Waals surface area contributed by atoms with E-state index in [0.29, 0.717) is 5.75 Å². The molecule has 0 atom stereocenters. The summed E-state index contributed by atoms with van der Waals surface area (Å²) < 4.78 is 5.15. The fraction of sp³-hybridized carbons (Fsp3) is 0.0667. The van der Waals surface area contributed by atoms with Crippen LogP contribution < -0.4 is 10.1 Å².